The number of para-hydroxylation sites is 1. The van der Waals surface area contributed by atoms with Gasteiger partial charge in [0.05, 0.1) is 32.6 Å². The molecule has 0 radical (unpaired) electrons. The van der Waals surface area contributed by atoms with E-state index in [1.165, 1.54) is 16.2 Å². The number of hydrogen-bond donors (Lipinski definition) is 0. The number of nitrogens with zero attached hydrogens (tertiary/aromatic N) is 3. The summed E-state index contributed by atoms with van der Waals surface area (Å²) in [7, 11) is -3.59. The lowest BCUT2D eigenvalue weighted by molar-refractivity contribution is -0.118. The van der Waals surface area contributed by atoms with Crippen LogP contribution in [-0.4, -0.2) is 30.0 Å². The summed E-state index contributed by atoms with van der Waals surface area (Å²) in [6.45, 7) is 2.07. The molecule has 0 fully saturated rings. The first-order valence-electron chi connectivity index (χ1n) is 9.88. The van der Waals surface area contributed by atoms with E-state index >= 15 is 0 Å². The van der Waals surface area contributed by atoms with Crippen molar-refractivity contribution in [2.45, 2.75) is 24.8 Å². The Kier molecular flexibility index (Phi) is 6.55. The topological polar surface area (TPSA) is 80.2 Å². The third kappa shape index (κ3) is 4.98. The fraction of sp³-hybridized carbons (Fsp3) is 0.174. The highest BCUT2D eigenvalue weighted by Crippen LogP contribution is 2.33. The van der Waals surface area contributed by atoms with E-state index in [0.29, 0.717) is 21.4 Å². The Morgan fingerprint density at radius 2 is 1.84 bits per heavy atom. The second-order valence-corrected chi connectivity index (χ2v) is 10.8. The number of aromatic nitrogens is 2. The number of amides is 1. The molecule has 0 saturated carbocycles. The van der Waals surface area contributed by atoms with E-state index in [9.17, 15) is 13.2 Å². The third-order valence-electron chi connectivity index (χ3n) is 4.90. The molecule has 0 bridgehead atoms. The Bertz CT molecular complexity index is 1350. The fourth-order valence-electron chi connectivity index (χ4n) is 3.15. The van der Waals surface area contributed by atoms with E-state index < -0.39 is 9.84 Å². The minimum Gasteiger partial charge on any atom is -0.282 e. The van der Waals surface area contributed by atoms with E-state index in [2.05, 4.69) is 9.97 Å². The molecule has 0 atom stereocenters. The normalized spacial score (nSPS) is 11.6. The summed E-state index contributed by atoms with van der Waals surface area (Å²) in [6.07, 6.45) is 1.47. The maximum atomic E-state index is 13.2. The second-order valence-electron chi connectivity index (χ2n) is 7.27. The molecule has 1 amide bonds. The second kappa shape index (κ2) is 9.36. The van der Waals surface area contributed by atoms with Crippen LogP contribution < -0.4 is 4.90 Å². The molecule has 0 N–H and O–H groups in total. The van der Waals surface area contributed by atoms with Crippen LogP contribution in [0, 0.1) is 6.92 Å². The maximum Gasteiger partial charge on any atom is 0.230 e. The molecular weight excluding hydrogens is 466 g/mol. The molecule has 0 aliphatic heterocycles. The van der Waals surface area contributed by atoms with Crippen LogP contribution in [0.15, 0.2) is 71.8 Å². The summed E-state index contributed by atoms with van der Waals surface area (Å²) >= 11 is 7.59. The quantitative estimate of drug-likeness (QED) is 0.366. The molecule has 32 heavy (non-hydrogen) atoms. The lowest BCUT2D eigenvalue weighted by atomic mass is 10.2. The lowest BCUT2D eigenvalue weighted by Gasteiger charge is -2.19. The average molecular weight is 486 g/mol. The Hall–Kier alpha value is -2.81. The van der Waals surface area contributed by atoms with Crippen LogP contribution in [0.4, 0.5) is 5.13 Å². The Morgan fingerprint density at radius 3 is 2.53 bits per heavy atom. The van der Waals surface area contributed by atoms with Gasteiger partial charge in [0.1, 0.15) is 5.52 Å². The minimum atomic E-state index is -3.59. The highest BCUT2D eigenvalue weighted by Gasteiger charge is 2.24. The standard InChI is InChI=1S/C23H20ClN3O3S2/c1-16-8-10-18(11-9-16)32(29,30)14-12-21(28)27(15-17-5-2-3-13-25-17)23-26-22-19(24)6-4-7-20(22)31-23/h2-11,13H,12,14-15H2,1H3. The van der Waals surface area contributed by atoms with Gasteiger partial charge in [-0.15, -0.1) is 0 Å². The first kappa shape index (κ1) is 22.4. The van der Waals surface area contributed by atoms with Gasteiger partial charge >= 0.3 is 0 Å². The van der Waals surface area contributed by atoms with Gasteiger partial charge in [0.2, 0.25) is 5.91 Å². The average Bonchev–Trinajstić information content (AvgIpc) is 3.22. The monoisotopic (exact) mass is 485 g/mol. The highest BCUT2D eigenvalue weighted by atomic mass is 35.5. The van der Waals surface area contributed by atoms with Gasteiger partial charge in [-0.2, -0.15) is 0 Å². The van der Waals surface area contributed by atoms with Crippen molar-refractivity contribution < 1.29 is 13.2 Å². The first-order valence-corrected chi connectivity index (χ1v) is 12.7. The number of benzene rings is 2. The number of rotatable bonds is 7. The van der Waals surface area contributed by atoms with Crippen molar-refractivity contribution in [1.29, 1.82) is 0 Å². The van der Waals surface area contributed by atoms with Crippen LogP contribution >= 0.6 is 22.9 Å². The largest absolute Gasteiger partial charge is 0.282 e. The highest BCUT2D eigenvalue weighted by molar-refractivity contribution is 7.91. The van der Waals surface area contributed by atoms with E-state index in [1.54, 1.807) is 42.6 Å². The van der Waals surface area contributed by atoms with E-state index in [0.717, 1.165) is 10.3 Å². The molecule has 4 rings (SSSR count). The van der Waals surface area contributed by atoms with Gasteiger partial charge in [0.15, 0.2) is 15.0 Å². The van der Waals surface area contributed by atoms with Crippen molar-refractivity contribution in [3.05, 3.63) is 83.1 Å². The zero-order valence-corrected chi connectivity index (χ0v) is 19.6. The zero-order chi connectivity index (χ0) is 22.7. The zero-order valence-electron chi connectivity index (χ0n) is 17.2. The molecular formula is C23H20ClN3O3S2. The molecule has 0 saturated heterocycles. The molecule has 2 aromatic heterocycles. The minimum absolute atomic E-state index is 0.174. The molecule has 0 spiro atoms. The number of carbonyl (C=O) groups is 1. The number of anilines is 1. The van der Waals surface area contributed by atoms with Crippen molar-refractivity contribution in [2.24, 2.45) is 0 Å². The number of halogens is 1. The molecule has 0 aliphatic carbocycles. The summed E-state index contributed by atoms with van der Waals surface area (Å²) in [5.74, 6) is -0.638. The van der Waals surface area contributed by atoms with Gasteiger partial charge < -0.3 is 0 Å². The molecule has 6 nitrogen and oxygen atoms in total. The predicted octanol–water partition coefficient (Wildman–Crippen LogP) is 5.05. The van der Waals surface area contributed by atoms with Gasteiger partial charge in [0, 0.05) is 12.6 Å². The third-order valence-corrected chi connectivity index (χ3v) is 7.98. The predicted molar refractivity (Wildman–Crippen MR) is 128 cm³/mol. The Labute approximate surface area is 195 Å². The summed E-state index contributed by atoms with van der Waals surface area (Å²) in [5, 5.41) is 0.952. The number of carbonyl (C=O) groups excluding carboxylic acids is 1. The van der Waals surface area contributed by atoms with Crippen LogP contribution in [0.25, 0.3) is 10.2 Å². The molecule has 164 valence electrons. The molecule has 2 aromatic carbocycles. The van der Waals surface area contributed by atoms with Crippen molar-refractivity contribution in [1.82, 2.24) is 9.97 Å². The number of pyridine rings is 1. The van der Waals surface area contributed by atoms with Crippen molar-refractivity contribution >= 4 is 54.0 Å². The number of thiazole rings is 1. The summed E-state index contributed by atoms with van der Waals surface area (Å²) < 4.78 is 26.3. The van der Waals surface area contributed by atoms with Crippen molar-refractivity contribution in [3.8, 4) is 0 Å². The maximum absolute atomic E-state index is 13.2. The summed E-state index contributed by atoms with van der Waals surface area (Å²) in [5.41, 5.74) is 2.25. The van der Waals surface area contributed by atoms with Crippen LogP contribution in [-0.2, 0) is 21.2 Å². The Balaban J connectivity index is 1.61. The van der Waals surface area contributed by atoms with Crippen molar-refractivity contribution in [3.63, 3.8) is 0 Å². The molecule has 9 heteroatoms. The molecule has 2 heterocycles. The molecule has 0 unspecified atom stereocenters. The van der Waals surface area contributed by atoms with Crippen LogP contribution in [0.1, 0.15) is 17.7 Å². The number of hydrogen-bond acceptors (Lipinski definition) is 6. The van der Waals surface area contributed by atoms with Gasteiger partial charge in [-0.1, -0.05) is 52.8 Å². The Morgan fingerprint density at radius 1 is 1.06 bits per heavy atom. The van der Waals surface area contributed by atoms with Gasteiger partial charge in [-0.05, 0) is 43.3 Å². The van der Waals surface area contributed by atoms with Gasteiger partial charge in [0.25, 0.3) is 0 Å². The summed E-state index contributed by atoms with van der Waals surface area (Å²) in [4.78, 5) is 23.8. The van der Waals surface area contributed by atoms with Crippen LogP contribution in [0.3, 0.4) is 0 Å². The number of sulfone groups is 1. The van der Waals surface area contributed by atoms with Crippen molar-refractivity contribution in [2.75, 3.05) is 10.7 Å². The van der Waals surface area contributed by atoms with Gasteiger partial charge in [-0.25, -0.2) is 13.4 Å². The van der Waals surface area contributed by atoms with Crippen LogP contribution in [0.5, 0.6) is 0 Å². The van der Waals surface area contributed by atoms with E-state index in [4.69, 9.17) is 11.6 Å². The fourth-order valence-corrected chi connectivity index (χ4v) is 5.67. The van der Waals surface area contributed by atoms with E-state index in [-0.39, 0.29) is 29.5 Å². The van der Waals surface area contributed by atoms with Crippen LogP contribution in [0.2, 0.25) is 5.02 Å². The lowest BCUT2D eigenvalue weighted by Crippen LogP contribution is -2.32. The summed E-state index contributed by atoms with van der Waals surface area (Å²) in [6, 6.07) is 17.5. The molecule has 4 aromatic rings. The first-order chi connectivity index (χ1) is 15.3. The molecule has 0 aliphatic rings. The number of aryl methyl sites for hydroxylation is 1. The smallest absolute Gasteiger partial charge is 0.230 e. The SMILES string of the molecule is Cc1ccc(S(=O)(=O)CCC(=O)N(Cc2ccccn2)c2nc3c(Cl)cccc3s2)cc1. The number of fused-ring (bicyclic) bond motifs is 1. The van der Waals surface area contributed by atoms with Gasteiger partial charge in [-0.3, -0.25) is 14.7 Å². The van der Waals surface area contributed by atoms with E-state index in [1.807, 2.05) is 31.2 Å².